The number of thiazole rings is 1. The number of aromatic nitrogens is 1. The van der Waals surface area contributed by atoms with E-state index in [-0.39, 0.29) is 0 Å². The number of rotatable bonds is 3. The summed E-state index contributed by atoms with van der Waals surface area (Å²) < 4.78 is 0. The first kappa shape index (κ1) is 12.1. The summed E-state index contributed by atoms with van der Waals surface area (Å²) in [7, 11) is 0. The Kier molecular flexibility index (Phi) is 3.98. The molecule has 1 aliphatic rings. The molecule has 1 aliphatic carbocycles. The second kappa shape index (κ2) is 5.28. The molecule has 0 aromatic carbocycles. The Morgan fingerprint density at radius 3 is 2.56 bits per heavy atom. The molecule has 3 heteroatoms. The van der Waals surface area contributed by atoms with Gasteiger partial charge >= 0.3 is 0 Å². The highest BCUT2D eigenvalue weighted by molar-refractivity contribution is 7.09. The maximum Gasteiger partial charge on any atom is 0.0798 e. The van der Waals surface area contributed by atoms with Crippen LogP contribution in [0.3, 0.4) is 0 Å². The van der Waals surface area contributed by atoms with Crippen LogP contribution < -0.4 is 5.32 Å². The Morgan fingerprint density at radius 2 is 2.00 bits per heavy atom. The van der Waals surface area contributed by atoms with Gasteiger partial charge in [0.25, 0.3) is 0 Å². The fourth-order valence-corrected chi connectivity index (χ4v) is 3.19. The second-order valence-electron chi connectivity index (χ2n) is 5.19. The molecule has 2 rings (SSSR count). The van der Waals surface area contributed by atoms with Gasteiger partial charge < -0.3 is 5.32 Å². The van der Waals surface area contributed by atoms with E-state index in [1.54, 1.807) is 11.3 Å². The van der Waals surface area contributed by atoms with E-state index in [4.69, 9.17) is 0 Å². The third-order valence-corrected chi connectivity index (χ3v) is 4.66. The van der Waals surface area contributed by atoms with Crippen molar-refractivity contribution < 1.29 is 0 Å². The van der Waals surface area contributed by atoms with Gasteiger partial charge in [-0.1, -0.05) is 25.7 Å². The van der Waals surface area contributed by atoms with Crippen molar-refractivity contribution in [3.63, 3.8) is 0 Å². The van der Waals surface area contributed by atoms with Gasteiger partial charge in [0.1, 0.15) is 0 Å². The van der Waals surface area contributed by atoms with E-state index in [1.807, 2.05) is 5.51 Å². The first-order valence-corrected chi connectivity index (χ1v) is 7.22. The van der Waals surface area contributed by atoms with Crippen LogP contribution in [0, 0.1) is 6.92 Å². The Balaban J connectivity index is 1.90. The summed E-state index contributed by atoms with van der Waals surface area (Å²) in [5.41, 5.74) is 3.49. The molecule has 90 valence electrons. The van der Waals surface area contributed by atoms with Crippen LogP contribution in [0.5, 0.6) is 0 Å². The zero-order chi connectivity index (χ0) is 11.4. The Labute approximate surface area is 102 Å². The molecule has 1 heterocycles. The van der Waals surface area contributed by atoms with Crippen molar-refractivity contribution in [2.24, 2.45) is 0 Å². The van der Waals surface area contributed by atoms with Crippen LogP contribution in [0.25, 0.3) is 0 Å². The van der Waals surface area contributed by atoms with Crippen molar-refractivity contribution in [1.82, 2.24) is 10.3 Å². The quantitative estimate of drug-likeness (QED) is 0.813. The smallest absolute Gasteiger partial charge is 0.0798 e. The predicted molar refractivity (Wildman–Crippen MR) is 69.8 cm³/mol. The molecule has 0 radical (unpaired) electrons. The lowest BCUT2D eigenvalue weighted by atomic mass is 9.92. The molecule has 0 bridgehead atoms. The van der Waals surface area contributed by atoms with Crippen molar-refractivity contribution in [2.45, 2.75) is 64.5 Å². The molecular weight excluding hydrogens is 216 g/mol. The molecule has 0 saturated heterocycles. The van der Waals surface area contributed by atoms with Gasteiger partial charge in [-0.05, 0) is 26.7 Å². The van der Waals surface area contributed by atoms with E-state index >= 15 is 0 Å². The summed E-state index contributed by atoms with van der Waals surface area (Å²) in [5.74, 6) is 0. The van der Waals surface area contributed by atoms with E-state index in [2.05, 4.69) is 24.1 Å². The lowest BCUT2D eigenvalue weighted by Gasteiger charge is -2.29. The Bertz CT molecular complexity index is 324. The maximum absolute atomic E-state index is 4.30. The number of nitrogens with one attached hydrogen (secondary N) is 1. The fraction of sp³-hybridized carbons (Fsp3) is 0.769. The van der Waals surface area contributed by atoms with Gasteiger partial charge in [0.05, 0.1) is 11.2 Å². The summed E-state index contributed by atoms with van der Waals surface area (Å²) >= 11 is 1.77. The lowest BCUT2D eigenvalue weighted by Crippen LogP contribution is -2.41. The summed E-state index contributed by atoms with van der Waals surface area (Å²) in [4.78, 5) is 5.69. The van der Waals surface area contributed by atoms with Crippen LogP contribution in [0.2, 0.25) is 0 Å². The van der Waals surface area contributed by atoms with Crippen LogP contribution >= 0.6 is 11.3 Å². The molecule has 2 nitrogen and oxygen atoms in total. The number of aryl methyl sites for hydroxylation is 1. The minimum atomic E-state index is 0.354. The zero-order valence-corrected chi connectivity index (χ0v) is 11.2. The first-order chi connectivity index (χ1) is 7.70. The molecule has 0 atom stereocenters. The monoisotopic (exact) mass is 238 g/mol. The number of hydrogen-bond donors (Lipinski definition) is 1. The first-order valence-electron chi connectivity index (χ1n) is 6.34. The van der Waals surface area contributed by atoms with E-state index in [1.165, 1.54) is 49.1 Å². The molecule has 1 fully saturated rings. The maximum atomic E-state index is 4.30. The average Bonchev–Trinajstić information content (AvgIpc) is 2.54. The zero-order valence-electron chi connectivity index (χ0n) is 10.4. The van der Waals surface area contributed by atoms with E-state index in [0.717, 1.165) is 6.54 Å². The minimum absolute atomic E-state index is 0.354. The highest BCUT2D eigenvalue weighted by Gasteiger charge is 2.24. The summed E-state index contributed by atoms with van der Waals surface area (Å²) in [6.07, 6.45) is 8.24. The van der Waals surface area contributed by atoms with Gasteiger partial charge in [-0.2, -0.15) is 0 Å². The van der Waals surface area contributed by atoms with Crippen molar-refractivity contribution in [3.8, 4) is 0 Å². The van der Waals surface area contributed by atoms with Crippen LogP contribution in [0.1, 0.15) is 56.0 Å². The molecule has 0 spiro atoms. The third kappa shape index (κ3) is 3.05. The molecule has 1 N–H and O–H groups in total. The normalized spacial score (nSPS) is 20.6. The second-order valence-corrected chi connectivity index (χ2v) is 6.13. The van der Waals surface area contributed by atoms with Crippen molar-refractivity contribution in [1.29, 1.82) is 0 Å². The molecular formula is C13H22N2S. The molecule has 1 saturated carbocycles. The SMILES string of the molecule is Cc1ncsc1CNC1(C)CCCCCC1. The fourth-order valence-electron chi connectivity index (χ4n) is 2.48. The van der Waals surface area contributed by atoms with Crippen LogP contribution in [-0.2, 0) is 6.54 Å². The van der Waals surface area contributed by atoms with Gasteiger partial charge in [-0.25, -0.2) is 4.98 Å². The highest BCUT2D eigenvalue weighted by atomic mass is 32.1. The summed E-state index contributed by atoms with van der Waals surface area (Å²) in [5, 5.41) is 3.75. The van der Waals surface area contributed by atoms with E-state index in [9.17, 15) is 0 Å². The third-order valence-electron chi connectivity index (χ3n) is 3.73. The standard InChI is InChI=1S/C13H22N2S/c1-11-12(16-10-14-11)9-15-13(2)7-5-3-4-6-8-13/h10,15H,3-9H2,1-2H3. The summed E-state index contributed by atoms with van der Waals surface area (Å²) in [6, 6.07) is 0. The lowest BCUT2D eigenvalue weighted by molar-refractivity contribution is 0.311. The van der Waals surface area contributed by atoms with Crippen LogP contribution in [-0.4, -0.2) is 10.5 Å². The molecule has 0 unspecified atom stereocenters. The highest BCUT2D eigenvalue weighted by Crippen LogP contribution is 2.27. The van der Waals surface area contributed by atoms with Crippen LogP contribution in [0.15, 0.2) is 5.51 Å². The van der Waals surface area contributed by atoms with Crippen molar-refractivity contribution in [3.05, 3.63) is 16.1 Å². The van der Waals surface area contributed by atoms with E-state index < -0.39 is 0 Å². The Hall–Kier alpha value is -0.410. The minimum Gasteiger partial charge on any atom is -0.307 e. The number of hydrogen-bond acceptors (Lipinski definition) is 3. The average molecular weight is 238 g/mol. The Morgan fingerprint density at radius 1 is 1.31 bits per heavy atom. The van der Waals surface area contributed by atoms with E-state index in [0.29, 0.717) is 5.54 Å². The van der Waals surface area contributed by atoms with Crippen LogP contribution in [0.4, 0.5) is 0 Å². The molecule has 0 aliphatic heterocycles. The van der Waals surface area contributed by atoms with Gasteiger partial charge in [0.15, 0.2) is 0 Å². The van der Waals surface area contributed by atoms with Crippen molar-refractivity contribution >= 4 is 11.3 Å². The molecule has 0 amide bonds. The molecule has 16 heavy (non-hydrogen) atoms. The molecule has 1 aromatic heterocycles. The molecule has 1 aromatic rings. The summed E-state index contributed by atoms with van der Waals surface area (Å²) in [6.45, 7) is 5.48. The topological polar surface area (TPSA) is 24.9 Å². The van der Waals surface area contributed by atoms with Gasteiger partial charge in [0, 0.05) is 17.0 Å². The predicted octanol–water partition coefficient (Wildman–Crippen LogP) is 3.65. The number of nitrogens with zero attached hydrogens (tertiary/aromatic N) is 1. The van der Waals surface area contributed by atoms with Gasteiger partial charge in [-0.3, -0.25) is 0 Å². The van der Waals surface area contributed by atoms with Crippen molar-refractivity contribution in [2.75, 3.05) is 0 Å². The largest absolute Gasteiger partial charge is 0.307 e. The van der Waals surface area contributed by atoms with Gasteiger partial charge in [0.2, 0.25) is 0 Å². The van der Waals surface area contributed by atoms with Gasteiger partial charge in [-0.15, -0.1) is 11.3 Å².